The molecule has 3 nitrogen and oxygen atoms in total. The summed E-state index contributed by atoms with van der Waals surface area (Å²) in [5, 5.41) is 0. The molecule has 1 aliphatic carbocycles. The van der Waals surface area contributed by atoms with Crippen LogP contribution in [0.3, 0.4) is 0 Å². The predicted molar refractivity (Wildman–Crippen MR) is 52.8 cm³/mol. The monoisotopic (exact) mass is 187 g/mol. The number of hydrogen-bond donors (Lipinski definition) is 1. The number of piperazine rings is 1. The van der Waals surface area contributed by atoms with Gasteiger partial charge in [0.15, 0.2) is 0 Å². The van der Waals surface area contributed by atoms with Crippen LogP contribution in [0.4, 0.5) is 0 Å². The molecule has 12 heavy (non-hydrogen) atoms. The Bertz CT molecular complexity index is 141. The maximum atomic E-state index is 3.12. The van der Waals surface area contributed by atoms with E-state index >= 15 is 0 Å². The fourth-order valence-corrected chi connectivity index (χ4v) is 2.33. The molecular weight excluding hydrogens is 170 g/mol. The van der Waals surface area contributed by atoms with E-state index in [1.54, 1.807) is 12.1 Å². The first-order valence-electron chi connectivity index (χ1n) is 4.73. The molecule has 0 aromatic heterocycles. The summed E-state index contributed by atoms with van der Waals surface area (Å²) < 4.78 is 5.52. The Morgan fingerprint density at radius 1 is 1.17 bits per heavy atom. The molecule has 2 aliphatic rings. The second-order valence-electron chi connectivity index (χ2n) is 3.49. The van der Waals surface area contributed by atoms with Crippen LogP contribution in [-0.4, -0.2) is 48.5 Å². The number of hydrogen-bond acceptors (Lipinski definition) is 4. The SMILES string of the molecule is CNSN1CCN(C2CC2)CC1. The Balaban J connectivity index is 1.69. The molecule has 0 atom stereocenters. The van der Waals surface area contributed by atoms with Gasteiger partial charge in [-0.05, 0) is 19.9 Å². The van der Waals surface area contributed by atoms with Gasteiger partial charge in [0, 0.05) is 44.4 Å². The van der Waals surface area contributed by atoms with Crippen molar-refractivity contribution in [3.8, 4) is 0 Å². The summed E-state index contributed by atoms with van der Waals surface area (Å²) in [5.74, 6) is 0. The van der Waals surface area contributed by atoms with E-state index in [2.05, 4.69) is 13.9 Å². The molecule has 2 rings (SSSR count). The fourth-order valence-electron chi connectivity index (χ4n) is 1.73. The Kier molecular flexibility index (Phi) is 2.91. The first-order valence-corrected chi connectivity index (χ1v) is 5.50. The average molecular weight is 187 g/mol. The van der Waals surface area contributed by atoms with Crippen LogP contribution in [0, 0.1) is 0 Å². The summed E-state index contributed by atoms with van der Waals surface area (Å²) in [6.45, 7) is 4.95. The zero-order valence-corrected chi connectivity index (χ0v) is 8.44. The lowest BCUT2D eigenvalue weighted by atomic mass is 10.3. The van der Waals surface area contributed by atoms with Crippen LogP contribution in [0.25, 0.3) is 0 Å². The average Bonchev–Trinajstić information content (AvgIpc) is 2.89. The van der Waals surface area contributed by atoms with Crippen molar-refractivity contribution in [2.45, 2.75) is 18.9 Å². The standard InChI is InChI=1S/C8H17N3S/c1-9-12-11-6-4-10(5-7-11)8-2-3-8/h8-9H,2-7H2,1H3. The van der Waals surface area contributed by atoms with Gasteiger partial charge in [0.1, 0.15) is 0 Å². The molecule has 1 saturated heterocycles. The van der Waals surface area contributed by atoms with Gasteiger partial charge in [0.25, 0.3) is 0 Å². The highest BCUT2D eigenvalue weighted by molar-refractivity contribution is 7.95. The van der Waals surface area contributed by atoms with Crippen LogP contribution in [0.5, 0.6) is 0 Å². The van der Waals surface area contributed by atoms with Gasteiger partial charge >= 0.3 is 0 Å². The minimum absolute atomic E-state index is 0.951. The van der Waals surface area contributed by atoms with Crippen molar-refractivity contribution in [3.05, 3.63) is 0 Å². The van der Waals surface area contributed by atoms with Crippen LogP contribution >= 0.6 is 12.1 Å². The van der Waals surface area contributed by atoms with Gasteiger partial charge in [0.2, 0.25) is 0 Å². The van der Waals surface area contributed by atoms with E-state index in [-0.39, 0.29) is 0 Å². The van der Waals surface area contributed by atoms with Crippen LogP contribution in [0.15, 0.2) is 0 Å². The molecular formula is C8H17N3S. The minimum Gasteiger partial charge on any atom is -0.298 e. The van der Waals surface area contributed by atoms with E-state index in [1.165, 1.54) is 39.0 Å². The highest BCUT2D eigenvalue weighted by atomic mass is 32.2. The van der Waals surface area contributed by atoms with Crippen molar-refractivity contribution >= 4 is 12.1 Å². The molecule has 1 N–H and O–H groups in total. The molecule has 0 spiro atoms. The second-order valence-corrected chi connectivity index (χ2v) is 4.60. The Morgan fingerprint density at radius 3 is 2.33 bits per heavy atom. The highest BCUT2D eigenvalue weighted by Crippen LogP contribution is 2.27. The first-order chi connectivity index (χ1) is 5.90. The molecule has 0 radical (unpaired) electrons. The van der Waals surface area contributed by atoms with E-state index in [1.807, 2.05) is 7.05 Å². The van der Waals surface area contributed by atoms with E-state index in [4.69, 9.17) is 0 Å². The summed E-state index contributed by atoms with van der Waals surface area (Å²) in [6, 6.07) is 0.951. The summed E-state index contributed by atoms with van der Waals surface area (Å²) >= 11 is 1.74. The van der Waals surface area contributed by atoms with Gasteiger partial charge < -0.3 is 0 Å². The maximum absolute atomic E-state index is 3.12. The van der Waals surface area contributed by atoms with E-state index < -0.39 is 0 Å². The molecule has 0 bridgehead atoms. The zero-order chi connectivity index (χ0) is 8.39. The first kappa shape index (κ1) is 8.81. The molecule has 0 aromatic carbocycles. The van der Waals surface area contributed by atoms with Crippen molar-refractivity contribution in [3.63, 3.8) is 0 Å². The van der Waals surface area contributed by atoms with E-state index in [0.717, 1.165) is 6.04 Å². The van der Waals surface area contributed by atoms with E-state index in [0.29, 0.717) is 0 Å². The van der Waals surface area contributed by atoms with Crippen molar-refractivity contribution in [1.29, 1.82) is 0 Å². The van der Waals surface area contributed by atoms with Crippen LogP contribution in [-0.2, 0) is 0 Å². The molecule has 70 valence electrons. The largest absolute Gasteiger partial charge is 0.298 e. The quantitative estimate of drug-likeness (QED) is 0.650. The Labute approximate surface area is 78.7 Å². The molecule has 0 aromatic rings. The lowest BCUT2D eigenvalue weighted by Crippen LogP contribution is -2.45. The topological polar surface area (TPSA) is 18.5 Å². The van der Waals surface area contributed by atoms with Crippen LogP contribution in [0.1, 0.15) is 12.8 Å². The molecule has 4 heteroatoms. The van der Waals surface area contributed by atoms with E-state index in [9.17, 15) is 0 Å². The molecule has 0 unspecified atom stereocenters. The Hall–Kier alpha value is 0.230. The number of nitrogens with zero attached hydrogens (tertiary/aromatic N) is 2. The van der Waals surface area contributed by atoms with Gasteiger partial charge in [-0.25, -0.2) is 4.31 Å². The minimum atomic E-state index is 0.951. The number of nitrogens with one attached hydrogen (secondary N) is 1. The van der Waals surface area contributed by atoms with Crippen LogP contribution < -0.4 is 4.72 Å². The maximum Gasteiger partial charge on any atom is 0.0230 e. The van der Waals surface area contributed by atoms with Gasteiger partial charge in [-0.15, -0.1) is 0 Å². The van der Waals surface area contributed by atoms with Crippen molar-refractivity contribution in [2.75, 3.05) is 33.2 Å². The molecule has 1 saturated carbocycles. The van der Waals surface area contributed by atoms with Gasteiger partial charge in [-0.3, -0.25) is 9.62 Å². The normalized spacial score (nSPS) is 27.8. The summed E-state index contributed by atoms with van der Waals surface area (Å²) in [5.41, 5.74) is 0. The lowest BCUT2D eigenvalue weighted by molar-refractivity contribution is 0.188. The Morgan fingerprint density at radius 2 is 1.83 bits per heavy atom. The summed E-state index contributed by atoms with van der Waals surface area (Å²) in [6.07, 6.45) is 2.89. The van der Waals surface area contributed by atoms with Crippen molar-refractivity contribution < 1.29 is 0 Å². The third-order valence-corrected chi connectivity index (χ3v) is 3.36. The molecule has 0 amide bonds. The fraction of sp³-hybridized carbons (Fsp3) is 1.00. The smallest absolute Gasteiger partial charge is 0.0230 e. The third kappa shape index (κ3) is 2.13. The number of rotatable bonds is 3. The summed E-state index contributed by atoms with van der Waals surface area (Å²) in [4.78, 5) is 2.63. The van der Waals surface area contributed by atoms with Gasteiger partial charge in [0.05, 0.1) is 0 Å². The zero-order valence-electron chi connectivity index (χ0n) is 7.62. The molecule has 1 heterocycles. The second kappa shape index (κ2) is 3.96. The highest BCUT2D eigenvalue weighted by Gasteiger charge is 2.31. The lowest BCUT2D eigenvalue weighted by Gasteiger charge is -2.33. The van der Waals surface area contributed by atoms with Crippen molar-refractivity contribution in [1.82, 2.24) is 13.9 Å². The molecule has 1 aliphatic heterocycles. The van der Waals surface area contributed by atoms with Crippen LogP contribution in [0.2, 0.25) is 0 Å². The van der Waals surface area contributed by atoms with Gasteiger partial charge in [-0.1, -0.05) is 0 Å². The van der Waals surface area contributed by atoms with Crippen molar-refractivity contribution in [2.24, 2.45) is 0 Å². The predicted octanol–water partition coefficient (Wildman–Crippen LogP) is 0.549. The third-order valence-electron chi connectivity index (χ3n) is 2.56. The summed E-state index contributed by atoms with van der Waals surface area (Å²) in [7, 11) is 1.98. The molecule has 2 fully saturated rings. The van der Waals surface area contributed by atoms with Gasteiger partial charge in [-0.2, -0.15) is 0 Å².